The number of aromatic nitrogens is 3. The number of hydrogen-bond donors (Lipinski definition) is 0. The van der Waals surface area contributed by atoms with E-state index in [1.54, 1.807) is 24.3 Å². The van der Waals surface area contributed by atoms with Crippen LogP contribution in [0.1, 0.15) is 9.67 Å². The van der Waals surface area contributed by atoms with Gasteiger partial charge in [0.05, 0.1) is 10.4 Å². The Labute approximate surface area is 154 Å². The van der Waals surface area contributed by atoms with E-state index in [2.05, 4.69) is 10.3 Å². The topological polar surface area (TPSA) is 74.1 Å². The SMILES string of the molecule is O=C(OCn1nnc2ccccc2c1=O)c1sc2cc(F)ccc2c1Cl. The van der Waals surface area contributed by atoms with Gasteiger partial charge >= 0.3 is 5.97 Å². The first-order valence-electron chi connectivity index (χ1n) is 7.42. The minimum atomic E-state index is -0.724. The van der Waals surface area contributed by atoms with E-state index >= 15 is 0 Å². The fraction of sp³-hybridized carbons (Fsp3) is 0.0588. The standard InChI is InChI=1S/C17H9ClFN3O3S/c18-14-11-6-5-9(19)7-13(11)26-15(14)17(24)25-8-22-16(23)10-3-1-2-4-12(10)20-21-22/h1-7H,8H2. The number of halogens is 2. The summed E-state index contributed by atoms with van der Waals surface area (Å²) in [6.07, 6.45) is 0. The van der Waals surface area contributed by atoms with Gasteiger partial charge in [0.1, 0.15) is 16.2 Å². The molecule has 9 heteroatoms. The van der Waals surface area contributed by atoms with E-state index in [4.69, 9.17) is 16.3 Å². The Hall–Kier alpha value is -2.84. The second kappa shape index (κ2) is 6.47. The van der Waals surface area contributed by atoms with Gasteiger partial charge in [-0.05, 0) is 30.3 Å². The third kappa shape index (κ3) is 2.83. The van der Waals surface area contributed by atoms with Crippen LogP contribution in [-0.2, 0) is 11.5 Å². The van der Waals surface area contributed by atoms with Crippen LogP contribution in [0.5, 0.6) is 0 Å². The largest absolute Gasteiger partial charge is 0.438 e. The lowest BCUT2D eigenvalue weighted by molar-refractivity contribution is 0.0342. The Morgan fingerprint density at radius 1 is 1.23 bits per heavy atom. The summed E-state index contributed by atoms with van der Waals surface area (Å²) in [6.45, 7) is -0.408. The lowest BCUT2D eigenvalue weighted by Gasteiger charge is -2.05. The Balaban J connectivity index is 1.61. The van der Waals surface area contributed by atoms with Crippen molar-refractivity contribution < 1.29 is 13.9 Å². The quantitative estimate of drug-likeness (QED) is 0.500. The predicted molar refractivity (Wildman–Crippen MR) is 96.0 cm³/mol. The summed E-state index contributed by atoms with van der Waals surface area (Å²) < 4.78 is 19.9. The molecule has 0 amide bonds. The van der Waals surface area contributed by atoms with Crippen molar-refractivity contribution in [3.8, 4) is 0 Å². The number of nitrogens with zero attached hydrogens (tertiary/aromatic N) is 3. The number of carbonyl (C=O) groups excluding carboxylic acids is 1. The van der Waals surface area contributed by atoms with Gasteiger partial charge in [-0.2, -0.15) is 4.68 Å². The molecular formula is C17H9ClFN3O3S. The molecule has 0 fully saturated rings. The first-order valence-corrected chi connectivity index (χ1v) is 8.61. The van der Waals surface area contributed by atoms with Crippen LogP contribution < -0.4 is 5.56 Å². The molecular weight excluding hydrogens is 381 g/mol. The van der Waals surface area contributed by atoms with E-state index in [1.807, 2.05) is 0 Å². The Kier molecular flexibility index (Phi) is 4.14. The van der Waals surface area contributed by atoms with Crippen molar-refractivity contribution in [2.45, 2.75) is 6.73 Å². The smallest absolute Gasteiger partial charge is 0.351 e. The lowest BCUT2D eigenvalue weighted by Crippen LogP contribution is -2.26. The molecule has 6 nitrogen and oxygen atoms in total. The number of fused-ring (bicyclic) bond motifs is 2. The van der Waals surface area contributed by atoms with Crippen LogP contribution in [0.2, 0.25) is 5.02 Å². The summed E-state index contributed by atoms with van der Waals surface area (Å²) in [6, 6.07) is 10.8. The van der Waals surface area contributed by atoms with Gasteiger partial charge in [-0.1, -0.05) is 28.9 Å². The van der Waals surface area contributed by atoms with Gasteiger partial charge in [-0.3, -0.25) is 4.79 Å². The number of thiophene rings is 1. The monoisotopic (exact) mass is 389 g/mol. The van der Waals surface area contributed by atoms with Crippen molar-refractivity contribution in [1.82, 2.24) is 15.0 Å². The molecule has 2 aromatic carbocycles. The number of rotatable bonds is 3. The molecule has 2 heterocycles. The van der Waals surface area contributed by atoms with Crippen LogP contribution in [0, 0.1) is 5.82 Å². The second-order valence-corrected chi connectivity index (χ2v) is 6.79. The van der Waals surface area contributed by atoms with Crippen molar-refractivity contribution >= 4 is 49.9 Å². The van der Waals surface area contributed by atoms with Gasteiger partial charge in [-0.25, -0.2) is 9.18 Å². The Morgan fingerprint density at radius 3 is 2.88 bits per heavy atom. The Morgan fingerprint density at radius 2 is 2.04 bits per heavy atom. The van der Waals surface area contributed by atoms with E-state index < -0.39 is 24.1 Å². The van der Waals surface area contributed by atoms with Crippen molar-refractivity contribution in [1.29, 1.82) is 0 Å². The highest BCUT2D eigenvalue weighted by molar-refractivity contribution is 7.21. The van der Waals surface area contributed by atoms with Gasteiger partial charge in [0.25, 0.3) is 5.56 Å². The summed E-state index contributed by atoms with van der Waals surface area (Å²) in [5.41, 5.74) is 0.0302. The van der Waals surface area contributed by atoms with E-state index in [0.29, 0.717) is 21.0 Å². The molecule has 0 saturated carbocycles. The Bertz CT molecular complexity index is 1220. The molecule has 0 N–H and O–H groups in total. The third-order valence-electron chi connectivity index (χ3n) is 3.72. The molecule has 0 radical (unpaired) electrons. The van der Waals surface area contributed by atoms with Gasteiger partial charge in [0.2, 0.25) is 0 Å². The second-order valence-electron chi connectivity index (χ2n) is 5.36. The van der Waals surface area contributed by atoms with Crippen molar-refractivity contribution in [3.05, 3.63) is 68.5 Å². The molecule has 0 saturated heterocycles. The fourth-order valence-corrected chi connectivity index (χ4v) is 3.89. The molecule has 0 atom stereocenters. The number of ether oxygens (including phenoxy) is 1. The van der Waals surface area contributed by atoms with Gasteiger partial charge < -0.3 is 4.74 Å². The van der Waals surface area contributed by atoms with Crippen molar-refractivity contribution in [3.63, 3.8) is 0 Å². The highest BCUT2D eigenvalue weighted by atomic mass is 35.5. The normalized spacial score (nSPS) is 11.2. The van der Waals surface area contributed by atoms with Crippen LogP contribution in [0.3, 0.4) is 0 Å². The summed E-state index contributed by atoms with van der Waals surface area (Å²) in [5.74, 6) is -1.15. The number of esters is 1. The molecule has 0 aliphatic heterocycles. The number of benzene rings is 2. The third-order valence-corrected chi connectivity index (χ3v) is 5.36. The van der Waals surface area contributed by atoms with Crippen LogP contribution in [0.4, 0.5) is 4.39 Å². The minimum Gasteiger partial charge on any atom is -0.438 e. The molecule has 0 aliphatic carbocycles. The molecule has 2 aromatic heterocycles. The summed E-state index contributed by atoms with van der Waals surface area (Å²) in [5, 5.41) is 8.78. The van der Waals surface area contributed by atoms with Crippen LogP contribution in [-0.4, -0.2) is 21.0 Å². The fourth-order valence-electron chi connectivity index (χ4n) is 2.46. The number of hydrogen-bond acceptors (Lipinski definition) is 6. The molecule has 0 aliphatic rings. The zero-order chi connectivity index (χ0) is 18.3. The molecule has 130 valence electrons. The number of carbonyl (C=O) groups is 1. The van der Waals surface area contributed by atoms with E-state index in [9.17, 15) is 14.0 Å². The maximum atomic E-state index is 13.3. The van der Waals surface area contributed by atoms with Crippen LogP contribution in [0.25, 0.3) is 21.0 Å². The molecule has 26 heavy (non-hydrogen) atoms. The average molecular weight is 390 g/mol. The van der Waals surface area contributed by atoms with E-state index in [-0.39, 0.29) is 9.90 Å². The molecule has 4 rings (SSSR count). The summed E-state index contributed by atoms with van der Waals surface area (Å²) >= 11 is 7.20. The predicted octanol–water partition coefficient (Wildman–Crippen LogP) is 3.61. The molecule has 0 bridgehead atoms. The first-order chi connectivity index (χ1) is 12.5. The maximum Gasteiger partial charge on any atom is 0.351 e. The maximum absolute atomic E-state index is 13.3. The highest BCUT2D eigenvalue weighted by Crippen LogP contribution is 2.36. The molecule has 0 spiro atoms. The van der Waals surface area contributed by atoms with E-state index in [0.717, 1.165) is 16.0 Å². The van der Waals surface area contributed by atoms with Crippen LogP contribution >= 0.6 is 22.9 Å². The molecule has 0 unspecified atom stereocenters. The minimum absolute atomic E-state index is 0.133. The van der Waals surface area contributed by atoms with Crippen molar-refractivity contribution in [2.24, 2.45) is 0 Å². The van der Waals surface area contributed by atoms with E-state index in [1.165, 1.54) is 18.2 Å². The molecule has 4 aromatic rings. The summed E-state index contributed by atoms with van der Waals surface area (Å²) in [4.78, 5) is 24.8. The summed E-state index contributed by atoms with van der Waals surface area (Å²) in [7, 11) is 0. The van der Waals surface area contributed by atoms with Crippen molar-refractivity contribution in [2.75, 3.05) is 0 Å². The highest BCUT2D eigenvalue weighted by Gasteiger charge is 2.19. The van der Waals surface area contributed by atoms with Gasteiger partial charge in [0, 0.05) is 10.1 Å². The average Bonchev–Trinajstić information content (AvgIpc) is 2.97. The first kappa shape index (κ1) is 16.6. The lowest BCUT2D eigenvalue weighted by atomic mass is 10.2. The van der Waals surface area contributed by atoms with Gasteiger partial charge in [0.15, 0.2) is 6.73 Å². The zero-order valence-corrected chi connectivity index (χ0v) is 14.6. The van der Waals surface area contributed by atoms with Gasteiger partial charge in [-0.15, -0.1) is 16.4 Å². The van der Waals surface area contributed by atoms with Crippen LogP contribution in [0.15, 0.2) is 47.3 Å². The zero-order valence-electron chi connectivity index (χ0n) is 13.0.